The molecule has 3 rings (SSSR count). The normalized spacial score (nSPS) is 15.7. The van der Waals surface area contributed by atoms with Crippen molar-refractivity contribution >= 4 is 27.3 Å². The summed E-state index contributed by atoms with van der Waals surface area (Å²) in [5.41, 5.74) is 10.1. The average Bonchev–Trinajstić information content (AvgIpc) is 2.77. The van der Waals surface area contributed by atoms with Crippen molar-refractivity contribution < 1.29 is 4.74 Å². The average molecular weight is 338 g/mol. The van der Waals surface area contributed by atoms with Gasteiger partial charge in [0.1, 0.15) is 5.75 Å². The number of fused-ring (bicyclic) bond motifs is 1. The van der Waals surface area contributed by atoms with Crippen molar-refractivity contribution in [2.45, 2.75) is 25.8 Å². The summed E-state index contributed by atoms with van der Waals surface area (Å²) in [5, 5.41) is 0. The van der Waals surface area contributed by atoms with Gasteiger partial charge in [-0.15, -0.1) is 11.3 Å². The van der Waals surface area contributed by atoms with Crippen LogP contribution in [0.15, 0.2) is 28.1 Å². The Morgan fingerprint density at radius 1 is 1.37 bits per heavy atom. The van der Waals surface area contributed by atoms with Crippen LogP contribution in [-0.2, 0) is 6.42 Å². The van der Waals surface area contributed by atoms with Crippen LogP contribution in [0.1, 0.15) is 34.0 Å². The molecule has 0 radical (unpaired) electrons. The minimum Gasteiger partial charge on any atom is -0.493 e. The molecule has 19 heavy (non-hydrogen) atoms. The van der Waals surface area contributed by atoms with Crippen LogP contribution in [0.3, 0.4) is 0 Å². The highest BCUT2D eigenvalue weighted by molar-refractivity contribution is 9.11. The largest absolute Gasteiger partial charge is 0.493 e. The molecule has 1 aliphatic heterocycles. The Labute approximate surface area is 125 Å². The maximum absolute atomic E-state index is 6.38. The first-order chi connectivity index (χ1) is 9.15. The summed E-state index contributed by atoms with van der Waals surface area (Å²) < 4.78 is 6.81. The van der Waals surface area contributed by atoms with E-state index in [4.69, 9.17) is 10.5 Å². The van der Waals surface area contributed by atoms with Gasteiger partial charge in [0.25, 0.3) is 0 Å². The standard InChI is InChI=1S/C15H16BrNOS/c1-9-7-13(19-15(9)16)14(17)11-4-5-12-10(8-11)3-2-6-18-12/h4-5,7-8,14H,2-3,6,17H2,1H3. The number of halogens is 1. The first-order valence-electron chi connectivity index (χ1n) is 6.42. The lowest BCUT2D eigenvalue weighted by molar-refractivity contribution is 0.288. The van der Waals surface area contributed by atoms with E-state index < -0.39 is 0 Å². The lowest BCUT2D eigenvalue weighted by Gasteiger charge is -2.19. The van der Waals surface area contributed by atoms with E-state index in [9.17, 15) is 0 Å². The second-order valence-electron chi connectivity index (χ2n) is 4.90. The van der Waals surface area contributed by atoms with Crippen molar-refractivity contribution in [3.8, 4) is 5.75 Å². The van der Waals surface area contributed by atoms with Crippen LogP contribution in [0, 0.1) is 6.92 Å². The number of hydrogen-bond donors (Lipinski definition) is 1. The number of rotatable bonds is 2. The molecule has 1 aliphatic rings. The van der Waals surface area contributed by atoms with E-state index in [1.807, 2.05) is 0 Å². The maximum Gasteiger partial charge on any atom is 0.122 e. The van der Waals surface area contributed by atoms with Crippen LogP contribution in [0.5, 0.6) is 5.75 Å². The Balaban J connectivity index is 1.93. The first kappa shape index (κ1) is 13.2. The highest BCUT2D eigenvalue weighted by Gasteiger charge is 2.16. The molecule has 1 unspecified atom stereocenters. The lowest BCUT2D eigenvalue weighted by Crippen LogP contribution is -2.13. The van der Waals surface area contributed by atoms with E-state index in [2.05, 4.69) is 47.1 Å². The zero-order valence-corrected chi connectivity index (χ0v) is 13.2. The highest BCUT2D eigenvalue weighted by Crippen LogP contribution is 2.35. The summed E-state index contributed by atoms with van der Waals surface area (Å²) in [6.07, 6.45) is 2.18. The Morgan fingerprint density at radius 3 is 2.95 bits per heavy atom. The van der Waals surface area contributed by atoms with Crippen LogP contribution in [-0.4, -0.2) is 6.61 Å². The van der Waals surface area contributed by atoms with E-state index in [1.165, 1.54) is 19.8 Å². The van der Waals surface area contributed by atoms with Gasteiger partial charge in [-0.05, 0) is 64.5 Å². The van der Waals surface area contributed by atoms with Gasteiger partial charge in [-0.1, -0.05) is 12.1 Å². The molecular formula is C15H16BrNOS. The first-order valence-corrected chi connectivity index (χ1v) is 8.03. The molecule has 0 amide bonds. The second-order valence-corrected chi connectivity index (χ2v) is 7.30. The van der Waals surface area contributed by atoms with Crippen LogP contribution in [0.2, 0.25) is 0 Å². The molecule has 1 aromatic carbocycles. The minimum atomic E-state index is -0.0535. The number of thiophene rings is 1. The Bertz CT molecular complexity index is 589. The predicted octanol–water partition coefficient (Wildman–Crippen LogP) is 4.19. The van der Waals surface area contributed by atoms with E-state index in [0.29, 0.717) is 0 Å². The van der Waals surface area contributed by atoms with Crippen LogP contribution < -0.4 is 10.5 Å². The second kappa shape index (κ2) is 5.27. The summed E-state index contributed by atoms with van der Waals surface area (Å²) in [6, 6.07) is 8.44. The van der Waals surface area contributed by atoms with E-state index in [0.717, 1.165) is 30.8 Å². The minimum absolute atomic E-state index is 0.0535. The number of ether oxygens (including phenoxy) is 1. The molecule has 0 spiro atoms. The molecule has 100 valence electrons. The third-order valence-electron chi connectivity index (χ3n) is 3.47. The number of hydrogen-bond acceptors (Lipinski definition) is 3. The van der Waals surface area contributed by atoms with E-state index in [1.54, 1.807) is 11.3 Å². The van der Waals surface area contributed by atoms with Gasteiger partial charge in [0, 0.05) is 4.88 Å². The quantitative estimate of drug-likeness (QED) is 0.891. The topological polar surface area (TPSA) is 35.2 Å². The summed E-state index contributed by atoms with van der Waals surface area (Å²) >= 11 is 5.28. The molecule has 0 saturated heterocycles. The van der Waals surface area contributed by atoms with Crippen LogP contribution >= 0.6 is 27.3 Å². The summed E-state index contributed by atoms with van der Waals surface area (Å²) in [6.45, 7) is 2.92. The summed E-state index contributed by atoms with van der Waals surface area (Å²) in [4.78, 5) is 1.20. The molecule has 0 saturated carbocycles. The molecule has 2 nitrogen and oxygen atoms in total. The molecule has 0 fully saturated rings. The van der Waals surface area contributed by atoms with Crippen molar-refractivity contribution in [2.75, 3.05) is 6.61 Å². The zero-order valence-electron chi connectivity index (χ0n) is 10.8. The Morgan fingerprint density at radius 2 is 2.21 bits per heavy atom. The molecule has 1 aromatic heterocycles. The number of aryl methyl sites for hydroxylation is 2. The molecule has 0 bridgehead atoms. The molecule has 4 heteroatoms. The molecular weight excluding hydrogens is 322 g/mol. The van der Waals surface area contributed by atoms with Crippen molar-refractivity contribution in [3.05, 3.63) is 49.6 Å². The highest BCUT2D eigenvalue weighted by atomic mass is 79.9. The summed E-state index contributed by atoms with van der Waals surface area (Å²) in [5.74, 6) is 1.02. The molecule has 0 aliphatic carbocycles. The fourth-order valence-electron chi connectivity index (χ4n) is 2.37. The van der Waals surface area contributed by atoms with Crippen molar-refractivity contribution in [2.24, 2.45) is 5.73 Å². The van der Waals surface area contributed by atoms with Gasteiger partial charge in [-0.2, -0.15) is 0 Å². The Hall–Kier alpha value is -0.840. The number of nitrogens with two attached hydrogens (primary N) is 1. The van der Waals surface area contributed by atoms with Crippen LogP contribution in [0.4, 0.5) is 0 Å². The lowest BCUT2D eigenvalue weighted by atomic mass is 9.99. The van der Waals surface area contributed by atoms with E-state index >= 15 is 0 Å². The van der Waals surface area contributed by atoms with E-state index in [-0.39, 0.29) is 6.04 Å². The van der Waals surface area contributed by atoms with Gasteiger partial charge in [0.05, 0.1) is 16.4 Å². The third kappa shape index (κ3) is 2.57. The predicted molar refractivity (Wildman–Crippen MR) is 83.0 cm³/mol. The van der Waals surface area contributed by atoms with Crippen molar-refractivity contribution in [3.63, 3.8) is 0 Å². The smallest absolute Gasteiger partial charge is 0.122 e. The SMILES string of the molecule is Cc1cc(C(N)c2ccc3c(c2)CCCO3)sc1Br. The molecule has 2 heterocycles. The molecule has 2 N–H and O–H groups in total. The van der Waals surface area contributed by atoms with Gasteiger partial charge in [-0.25, -0.2) is 0 Å². The van der Waals surface area contributed by atoms with Gasteiger partial charge < -0.3 is 10.5 Å². The van der Waals surface area contributed by atoms with Crippen molar-refractivity contribution in [1.29, 1.82) is 0 Å². The molecule has 1 atom stereocenters. The van der Waals surface area contributed by atoms with Gasteiger partial charge in [0.15, 0.2) is 0 Å². The monoisotopic (exact) mass is 337 g/mol. The third-order valence-corrected chi connectivity index (χ3v) is 5.69. The van der Waals surface area contributed by atoms with Gasteiger partial charge in [-0.3, -0.25) is 0 Å². The fourth-order valence-corrected chi connectivity index (χ4v) is 3.98. The number of benzene rings is 1. The zero-order chi connectivity index (χ0) is 13.4. The van der Waals surface area contributed by atoms with Crippen molar-refractivity contribution in [1.82, 2.24) is 0 Å². The Kier molecular flexibility index (Phi) is 3.65. The maximum atomic E-state index is 6.38. The summed E-state index contributed by atoms with van der Waals surface area (Å²) in [7, 11) is 0. The van der Waals surface area contributed by atoms with Gasteiger partial charge in [0.2, 0.25) is 0 Å². The molecule has 2 aromatic rings. The fraction of sp³-hybridized carbons (Fsp3) is 0.333. The van der Waals surface area contributed by atoms with Gasteiger partial charge >= 0.3 is 0 Å². The van der Waals surface area contributed by atoms with Crippen LogP contribution in [0.25, 0.3) is 0 Å².